The quantitative estimate of drug-likeness (QED) is 0.489. The molecule has 6 fully saturated rings. The van der Waals surface area contributed by atoms with E-state index in [9.17, 15) is 4.79 Å². The van der Waals surface area contributed by atoms with Crippen LogP contribution in [0.1, 0.15) is 99.3 Å². The van der Waals surface area contributed by atoms with Crippen molar-refractivity contribution in [2.75, 3.05) is 0 Å². The minimum atomic E-state index is 0.0229. The maximum Gasteiger partial charge on any atom is 0.139 e. The molecule has 2 bridgehead atoms. The van der Waals surface area contributed by atoms with E-state index < -0.39 is 0 Å². The van der Waals surface area contributed by atoms with Crippen LogP contribution in [0.15, 0.2) is 0 Å². The van der Waals surface area contributed by atoms with Gasteiger partial charge in [-0.05, 0) is 74.5 Å². The number of ketones is 1. The molecule has 2 heteroatoms. The molecule has 0 amide bonds. The number of Topliss-reactive ketones (excluding diaryl/α,β-unsaturated/α-hetero) is 1. The maximum absolute atomic E-state index is 12.5. The first-order chi connectivity index (χ1) is 13.0. The van der Waals surface area contributed by atoms with Gasteiger partial charge in [0.2, 0.25) is 0 Å². The molecule has 0 N–H and O–H groups in total. The summed E-state index contributed by atoms with van der Waals surface area (Å²) >= 11 is 0. The summed E-state index contributed by atoms with van der Waals surface area (Å²) in [6.45, 7) is 12.7. The van der Waals surface area contributed by atoms with Gasteiger partial charge in [-0.3, -0.25) is 4.79 Å². The fourth-order valence-corrected chi connectivity index (χ4v) is 8.69. The first kappa shape index (κ1) is 19.9. The molecule has 4 saturated carbocycles. The van der Waals surface area contributed by atoms with E-state index >= 15 is 0 Å². The van der Waals surface area contributed by atoms with Crippen molar-refractivity contribution >= 4 is 5.78 Å². The minimum Gasteiger partial charge on any atom is -0.371 e. The van der Waals surface area contributed by atoms with Gasteiger partial charge in [-0.1, -0.05) is 48.0 Å². The Labute approximate surface area is 167 Å². The van der Waals surface area contributed by atoms with Crippen molar-refractivity contribution in [3.63, 3.8) is 0 Å². The van der Waals surface area contributed by atoms with Crippen LogP contribution < -0.4 is 0 Å². The second-order valence-corrected chi connectivity index (χ2v) is 10.4. The van der Waals surface area contributed by atoms with E-state index in [0.717, 1.165) is 36.5 Å². The summed E-state index contributed by atoms with van der Waals surface area (Å²) in [7, 11) is 0. The van der Waals surface area contributed by atoms with Crippen LogP contribution in [-0.2, 0) is 9.53 Å². The highest BCUT2D eigenvalue weighted by Gasteiger charge is 2.83. The lowest BCUT2D eigenvalue weighted by Crippen LogP contribution is -2.50. The Kier molecular flexibility index (Phi) is 4.85. The molecule has 4 aliphatic carbocycles. The lowest BCUT2D eigenvalue weighted by atomic mass is 9.57. The van der Waals surface area contributed by atoms with Crippen molar-refractivity contribution in [3.8, 4) is 0 Å². The van der Waals surface area contributed by atoms with Gasteiger partial charge in [0, 0.05) is 17.3 Å². The zero-order valence-electron chi connectivity index (χ0n) is 18.6. The van der Waals surface area contributed by atoms with E-state index in [1.807, 2.05) is 27.7 Å². The molecule has 2 nitrogen and oxygen atoms in total. The largest absolute Gasteiger partial charge is 0.371 e. The van der Waals surface area contributed by atoms with E-state index in [1.54, 1.807) is 0 Å². The fourth-order valence-electron chi connectivity index (χ4n) is 8.69. The van der Waals surface area contributed by atoms with Crippen molar-refractivity contribution in [2.24, 2.45) is 40.4 Å². The fraction of sp³-hybridized carbons (Fsp3) is 0.960. The SMILES string of the molecule is CC.CC.C[C@H]1CCC23CC24OC(CC2C5CCC(=O)C5(C)CCC24)C3C1. The van der Waals surface area contributed by atoms with Crippen LogP contribution in [0, 0.1) is 40.4 Å². The van der Waals surface area contributed by atoms with Crippen LogP contribution in [-0.4, -0.2) is 17.5 Å². The molecule has 6 rings (SSSR count). The van der Waals surface area contributed by atoms with Crippen molar-refractivity contribution in [2.45, 2.75) is 111 Å². The Morgan fingerprint density at radius 1 is 0.926 bits per heavy atom. The van der Waals surface area contributed by atoms with Gasteiger partial charge in [-0.25, -0.2) is 0 Å². The molecule has 0 aromatic heterocycles. The molecule has 2 heterocycles. The van der Waals surface area contributed by atoms with Gasteiger partial charge in [-0.2, -0.15) is 0 Å². The summed E-state index contributed by atoms with van der Waals surface area (Å²) < 4.78 is 6.84. The summed E-state index contributed by atoms with van der Waals surface area (Å²) in [5.74, 6) is 4.56. The van der Waals surface area contributed by atoms with E-state index in [1.165, 1.54) is 44.9 Å². The first-order valence-electron chi connectivity index (χ1n) is 12.2. The Bertz CT molecular complexity index is 599. The topological polar surface area (TPSA) is 26.3 Å². The van der Waals surface area contributed by atoms with Gasteiger partial charge < -0.3 is 4.74 Å². The Hall–Kier alpha value is -0.370. The minimum absolute atomic E-state index is 0.0229. The number of fused-ring (bicyclic) bond motifs is 5. The normalized spacial score (nSPS) is 56.3. The summed E-state index contributed by atoms with van der Waals surface area (Å²) in [6.07, 6.45) is 11.9. The number of ether oxygens (including phenoxy) is 1. The van der Waals surface area contributed by atoms with Gasteiger partial charge in [-0.15, -0.1) is 0 Å². The van der Waals surface area contributed by atoms with Crippen LogP contribution in [0.25, 0.3) is 0 Å². The summed E-state index contributed by atoms with van der Waals surface area (Å²) in [5.41, 5.74) is 0.855. The molecule has 8 unspecified atom stereocenters. The molecule has 9 atom stereocenters. The van der Waals surface area contributed by atoms with Gasteiger partial charge in [0.05, 0.1) is 11.7 Å². The molecular weight excluding hydrogens is 332 g/mol. The Morgan fingerprint density at radius 3 is 2.41 bits per heavy atom. The van der Waals surface area contributed by atoms with Crippen molar-refractivity contribution < 1.29 is 9.53 Å². The number of hydrogen-bond donors (Lipinski definition) is 0. The zero-order chi connectivity index (χ0) is 19.6. The third kappa shape index (κ3) is 2.31. The average Bonchev–Trinajstić information content (AvgIpc) is 3.11. The summed E-state index contributed by atoms with van der Waals surface area (Å²) in [4.78, 5) is 12.5. The molecular formula is C25H42O2. The maximum atomic E-state index is 12.5. The smallest absolute Gasteiger partial charge is 0.139 e. The Balaban J connectivity index is 0.000000425. The van der Waals surface area contributed by atoms with Crippen LogP contribution >= 0.6 is 0 Å². The number of carbonyl (C=O) groups excluding carboxylic acids is 1. The van der Waals surface area contributed by atoms with Crippen LogP contribution in [0.2, 0.25) is 0 Å². The van der Waals surface area contributed by atoms with Gasteiger partial charge in [0.15, 0.2) is 0 Å². The molecule has 0 aromatic rings. The molecule has 154 valence electrons. The monoisotopic (exact) mass is 374 g/mol. The highest BCUT2D eigenvalue weighted by molar-refractivity contribution is 5.87. The molecule has 2 spiro atoms. The second kappa shape index (κ2) is 6.57. The predicted molar refractivity (Wildman–Crippen MR) is 111 cm³/mol. The van der Waals surface area contributed by atoms with E-state index in [2.05, 4.69) is 13.8 Å². The highest BCUT2D eigenvalue weighted by Crippen LogP contribution is 2.82. The molecule has 2 saturated heterocycles. The van der Waals surface area contributed by atoms with Crippen LogP contribution in [0.4, 0.5) is 0 Å². The van der Waals surface area contributed by atoms with Gasteiger partial charge >= 0.3 is 0 Å². The Morgan fingerprint density at radius 2 is 1.67 bits per heavy atom. The number of rotatable bonds is 0. The highest BCUT2D eigenvalue weighted by atomic mass is 16.5. The molecule has 2 aliphatic heterocycles. The third-order valence-electron chi connectivity index (χ3n) is 9.81. The standard InChI is InChI=1S/C21H30O2.2C2H6/c1-12-5-8-20-11-21(20)15-6-7-19(2)14(3-4-18(19)22)13(15)10-17(23-21)16(20)9-12;2*1-2/h12-17H,3-11H2,1-2H3;2*1-2H3/t12-,13?,14?,15?,16?,17?,19?,20?,21?;;/m0../s1. The summed E-state index contributed by atoms with van der Waals surface area (Å²) in [6, 6.07) is 0. The number of hydrogen-bond acceptors (Lipinski definition) is 2. The van der Waals surface area contributed by atoms with Crippen LogP contribution in [0.5, 0.6) is 0 Å². The van der Waals surface area contributed by atoms with Crippen LogP contribution in [0.3, 0.4) is 0 Å². The van der Waals surface area contributed by atoms with Crippen molar-refractivity contribution in [1.82, 2.24) is 0 Å². The van der Waals surface area contributed by atoms with Crippen molar-refractivity contribution in [3.05, 3.63) is 0 Å². The van der Waals surface area contributed by atoms with Gasteiger partial charge in [0.1, 0.15) is 5.78 Å². The molecule has 27 heavy (non-hydrogen) atoms. The molecule has 0 radical (unpaired) electrons. The lowest BCUT2D eigenvalue weighted by molar-refractivity contribution is -0.157. The average molecular weight is 375 g/mol. The number of carbonyl (C=O) groups is 1. The van der Waals surface area contributed by atoms with E-state index in [-0.39, 0.29) is 11.0 Å². The second-order valence-electron chi connectivity index (χ2n) is 10.4. The summed E-state index contributed by atoms with van der Waals surface area (Å²) in [5, 5.41) is 0. The van der Waals surface area contributed by atoms with E-state index in [4.69, 9.17) is 4.74 Å². The lowest BCUT2D eigenvalue weighted by Gasteiger charge is -2.51. The predicted octanol–water partition coefficient (Wildman–Crippen LogP) is 6.42. The molecule has 0 aromatic carbocycles. The third-order valence-corrected chi connectivity index (χ3v) is 9.81. The zero-order valence-corrected chi connectivity index (χ0v) is 18.6. The van der Waals surface area contributed by atoms with E-state index in [0.29, 0.717) is 23.2 Å². The van der Waals surface area contributed by atoms with Crippen molar-refractivity contribution in [1.29, 1.82) is 0 Å². The van der Waals surface area contributed by atoms with Gasteiger partial charge in [0.25, 0.3) is 0 Å². The molecule has 6 aliphatic rings. The first-order valence-corrected chi connectivity index (χ1v) is 12.2.